The van der Waals surface area contributed by atoms with Gasteiger partial charge in [-0.05, 0) is 0 Å². The molecule has 0 fully saturated rings. The third-order valence-electron chi connectivity index (χ3n) is 0. The molecule has 0 amide bonds. The van der Waals surface area contributed by atoms with Crippen molar-refractivity contribution in [2.24, 2.45) is 5.34 Å². The van der Waals surface area contributed by atoms with E-state index in [2.05, 4.69) is 0 Å². The van der Waals surface area contributed by atoms with Crippen molar-refractivity contribution >= 4 is 0 Å². The van der Waals surface area contributed by atoms with Crippen LogP contribution < -0.4 is 105 Å². The maximum atomic E-state index is 8.00. The summed E-state index contributed by atoms with van der Waals surface area (Å²) in [5.74, 6) is 0. The van der Waals surface area contributed by atoms with Gasteiger partial charge in [-0.3, -0.25) is 0 Å². The van der Waals surface area contributed by atoms with Crippen LogP contribution in [0.5, 0.6) is 0 Å². The van der Waals surface area contributed by atoms with E-state index < -0.39 is 0 Å². The van der Waals surface area contributed by atoms with Gasteiger partial charge in [0.25, 0.3) is 0 Å². The van der Waals surface area contributed by atoms with Gasteiger partial charge in [-0.2, -0.15) is 0 Å². The standard InChI is InChI=1S/HI.K.HNO2.Na/c;;2-1-3;/h1H;;(H,2,3);/q;+1;;+1/p-2. The predicted molar refractivity (Wildman–Crippen MR) is 9.16 cm³/mol. The van der Waals surface area contributed by atoms with Crippen LogP contribution in [-0.2, 0) is 0 Å². The number of halogens is 1. The molecule has 0 heterocycles. The minimum Gasteiger partial charge on any atom is -1.00 e. The minimum absolute atomic E-state index is 0. The summed E-state index contributed by atoms with van der Waals surface area (Å²) in [6.07, 6.45) is 0. The number of hydrogen-bond donors (Lipinski definition) is 0. The van der Waals surface area contributed by atoms with Crippen LogP contribution in [-0.4, -0.2) is 0 Å². The Kier molecular flexibility index (Phi) is 97.2. The van der Waals surface area contributed by atoms with Gasteiger partial charge < -0.3 is 34.1 Å². The Bertz CT molecular complexity index is 21.0. The fourth-order valence-corrected chi connectivity index (χ4v) is 0. The molecule has 0 radical (unpaired) electrons. The minimum atomic E-state index is 0. The van der Waals surface area contributed by atoms with E-state index in [0.29, 0.717) is 0 Å². The smallest absolute Gasteiger partial charge is 1.00 e. The first-order chi connectivity index (χ1) is 1.41. The van der Waals surface area contributed by atoms with Crippen molar-refractivity contribution in [2.75, 3.05) is 0 Å². The summed E-state index contributed by atoms with van der Waals surface area (Å²) < 4.78 is 0. The van der Waals surface area contributed by atoms with E-state index in [0.717, 1.165) is 5.34 Å². The number of nitrogens with zero attached hydrogens (tertiary/aromatic N) is 1. The van der Waals surface area contributed by atoms with Crippen LogP contribution in [0.25, 0.3) is 0 Å². The fourth-order valence-electron chi connectivity index (χ4n) is 0. The molecule has 0 aromatic carbocycles. The molecule has 0 rings (SSSR count). The monoisotopic (exact) mass is 235 g/mol. The molecule has 0 saturated heterocycles. The Morgan fingerprint density at radius 1 is 1.50 bits per heavy atom. The molecule has 0 saturated carbocycles. The quantitative estimate of drug-likeness (QED) is 0.181. The van der Waals surface area contributed by atoms with Crippen LogP contribution in [0.3, 0.4) is 0 Å². The van der Waals surface area contributed by atoms with Gasteiger partial charge in [-0.1, -0.05) is 0 Å². The third-order valence-corrected chi connectivity index (χ3v) is 0. The van der Waals surface area contributed by atoms with E-state index in [1.54, 1.807) is 0 Å². The summed E-state index contributed by atoms with van der Waals surface area (Å²) in [6, 6.07) is 0. The molecule has 0 unspecified atom stereocenters. The average Bonchev–Trinajstić information content (AvgIpc) is 0.918. The van der Waals surface area contributed by atoms with Gasteiger partial charge in [0, 0.05) is 0 Å². The van der Waals surface area contributed by atoms with Gasteiger partial charge in [0.05, 0.1) is 0 Å². The SMILES string of the molecule is O=N[O-].[I-].[K+].[Na+]. The first-order valence-electron chi connectivity index (χ1n) is 0.365. The molecule has 0 aliphatic rings. The molecule has 0 spiro atoms. The second-order valence-corrected chi connectivity index (χ2v) is 0.0745. The molecule has 0 aromatic heterocycles. The maximum Gasteiger partial charge on any atom is 1.00 e. The van der Waals surface area contributed by atoms with E-state index in [1.807, 2.05) is 0 Å². The summed E-state index contributed by atoms with van der Waals surface area (Å²) in [5.41, 5.74) is 0. The summed E-state index contributed by atoms with van der Waals surface area (Å²) in [7, 11) is 0. The van der Waals surface area contributed by atoms with Crippen molar-refractivity contribution in [3.05, 3.63) is 10.1 Å². The van der Waals surface area contributed by atoms with E-state index in [-0.39, 0.29) is 105 Å². The van der Waals surface area contributed by atoms with Gasteiger partial charge in [0.1, 0.15) is 0 Å². The van der Waals surface area contributed by atoms with Crippen LogP contribution in [0.15, 0.2) is 5.34 Å². The molecule has 0 N–H and O–H groups in total. The molecule has 6 heteroatoms. The van der Waals surface area contributed by atoms with E-state index in [1.165, 1.54) is 0 Å². The molecule has 3 nitrogen and oxygen atoms in total. The van der Waals surface area contributed by atoms with Crippen LogP contribution in [0.2, 0.25) is 0 Å². The van der Waals surface area contributed by atoms with Crippen molar-refractivity contribution in [1.29, 1.82) is 0 Å². The van der Waals surface area contributed by atoms with Crippen molar-refractivity contribution in [2.45, 2.75) is 0 Å². The summed E-state index contributed by atoms with van der Waals surface area (Å²) in [5, 5.41) is 9.00. The zero-order chi connectivity index (χ0) is 2.71. The normalized spacial score (nSPS) is 2.00. The van der Waals surface area contributed by atoms with Crippen LogP contribution in [0.1, 0.15) is 0 Å². The van der Waals surface area contributed by atoms with E-state index in [9.17, 15) is 0 Å². The molecule has 0 aliphatic heterocycles. The molecular formula is IKNNaO2. The Morgan fingerprint density at radius 2 is 1.50 bits per heavy atom. The van der Waals surface area contributed by atoms with Gasteiger partial charge in [-0.25, -0.2) is 0 Å². The first-order valence-corrected chi connectivity index (χ1v) is 0.365. The third kappa shape index (κ3) is 29.4. The Balaban J connectivity index is -0.00000000667. The van der Waals surface area contributed by atoms with Crippen LogP contribution in [0.4, 0.5) is 0 Å². The van der Waals surface area contributed by atoms with Crippen molar-refractivity contribution in [1.82, 2.24) is 0 Å². The molecule has 0 bridgehead atoms. The van der Waals surface area contributed by atoms with Crippen molar-refractivity contribution < 1.29 is 105 Å². The molecular weight excluding hydrogens is 235 g/mol. The zero-order valence-corrected chi connectivity index (χ0v) is 10.9. The molecule has 0 aliphatic carbocycles. The van der Waals surface area contributed by atoms with Gasteiger partial charge >= 0.3 is 80.9 Å². The van der Waals surface area contributed by atoms with Gasteiger partial charge in [-0.15, -0.1) is 5.34 Å². The van der Waals surface area contributed by atoms with E-state index >= 15 is 0 Å². The Hall–Kier alpha value is 2.77. The molecule has 6 heavy (non-hydrogen) atoms. The number of rotatable bonds is 0. The van der Waals surface area contributed by atoms with Crippen LogP contribution >= 0.6 is 0 Å². The fraction of sp³-hybridized carbons (Fsp3) is 0. The summed E-state index contributed by atoms with van der Waals surface area (Å²) in [6.45, 7) is 0. The zero-order valence-electron chi connectivity index (χ0n) is 3.64. The number of hydrogen-bond acceptors (Lipinski definition) is 3. The second-order valence-electron chi connectivity index (χ2n) is 0.0745. The molecule has 0 atom stereocenters. The largest absolute Gasteiger partial charge is 1.00 e. The topological polar surface area (TPSA) is 52.5 Å². The first kappa shape index (κ1) is 23.3. The van der Waals surface area contributed by atoms with Gasteiger partial charge in [0.15, 0.2) is 0 Å². The predicted octanol–water partition coefficient (Wildman–Crippen LogP) is -8.74. The molecule has 0 aromatic rings. The van der Waals surface area contributed by atoms with Crippen LogP contribution in [0, 0.1) is 10.1 Å². The summed E-state index contributed by atoms with van der Waals surface area (Å²) >= 11 is 0. The maximum absolute atomic E-state index is 8.00. The average molecular weight is 235 g/mol. The second kappa shape index (κ2) is 25.1. The van der Waals surface area contributed by atoms with Gasteiger partial charge in [0.2, 0.25) is 0 Å². The van der Waals surface area contributed by atoms with E-state index in [4.69, 9.17) is 10.1 Å². The molecule has 26 valence electrons. The van der Waals surface area contributed by atoms with Crippen molar-refractivity contribution in [3.63, 3.8) is 0 Å². The summed E-state index contributed by atoms with van der Waals surface area (Å²) in [4.78, 5) is 8.00. The Morgan fingerprint density at radius 3 is 1.50 bits per heavy atom. The Labute approximate surface area is 117 Å². The van der Waals surface area contributed by atoms with Crippen molar-refractivity contribution in [3.8, 4) is 0 Å².